The average Bonchev–Trinajstić information content (AvgIpc) is 2.72. The van der Waals surface area contributed by atoms with Crippen LogP contribution in [0.3, 0.4) is 0 Å². The van der Waals surface area contributed by atoms with Crippen molar-refractivity contribution in [1.29, 1.82) is 0 Å². The van der Waals surface area contributed by atoms with E-state index in [1.807, 2.05) is 0 Å². The molecule has 2 aromatic carbocycles. The zero-order chi connectivity index (χ0) is 18.2. The third-order valence-corrected chi connectivity index (χ3v) is 5.95. The lowest BCUT2D eigenvalue weighted by Crippen LogP contribution is -2.44. The smallest absolute Gasteiger partial charge is 0.0242 e. The van der Waals surface area contributed by atoms with Crippen molar-refractivity contribution in [2.24, 2.45) is 5.92 Å². The first-order valence-electron chi connectivity index (χ1n) is 10.4. The van der Waals surface area contributed by atoms with Gasteiger partial charge < -0.3 is 5.32 Å². The van der Waals surface area contributed by atoms with Gasteiger partial charge in [-0.15, -0.1) is 0 Å². The molecule has 1 aliphatic heterocycles. The molecule has 1 N–H and O–H groups in total. The highest BCUT2D eigenvalue weighted by Gasteiger charge is 2.23. The van der Waals surface area contributed by atoms with Crippen LogP contribution >= 0.6 is 0 Å². The van der Waals surface area contributed by atoms with Crippen molar-refractivity contribution in [3.63, 3.8) is 0 Å². The summed E-state index contributed by atoms with van der Waals surface area (Å²) in [4.78, 5) is 2.78. The summed E-state index contributed by atoms with van der Waals surface area (Å²) in [5, 5.41) is 3.53. The molecule has 3 rings (SSSR count). The highest BCUT2D eigenvalue weighted by atomic mass is 15.2. The molecular formula is C24H34N2. The Hall–Kier alpha value is -1.64. The maximum absolute atomic E-state index is 3.53. The minimum atomic E-state index is 0.709. The van der Waals surface area contributed by atoms with Gasteiger partial charge in [0.1, 0.15) is 0 Å². The van der Waals surface area contributed by atoms with Gasteiger partial charge in [-0.1, -0.05) is 81.3 Å². The Morgan fingerprint density at radius 2 is 1.58 bits per heavy atom. The molecule has 140 valence electrons. The molecule has 0 saturated carbocycles. The third kappa shape index (κ3) is 4.96. The molecular weight excluding hydrogens is 316 g/mol. The maximum Gasteiger partial charge on any atom is 0.0242 e. The third-order valence-electron chi connectivity index (χ3n) is 5.95. The zero-order valence-corrected chi connectivity index (χ0v) is 16.5. The normalized spacial score (nSPS) is 15.7. The summed E-state index contributed by atoms with van der Waals surface area (Å²) in [5.74, 6) is 0.800. The highest BCUT2D eigenvalue weighted by Crippen LogP contribution is 2.27. The fraction of sp³-hybridized carbons (Fsp3) is 0.500. The van der Waals surface area contributed by atoms with Crippen molar-refractivity contribution >= 4 is 0 Å². The van der Waals surface area contributed by atoms with Crippen molar-refractivity contribution < 1.29 is 0 Å². The molecule has 1 aliphatic rings. The predicted octanol–water partition coefficient (Wildman–Crippen LogP) is 5.34. The Morgan fingerprint density at radius 3 is 2.27 bits per heavy atom. The molecule has 1 saturated heterocycles. The summed E-state index contributed by atoms with van der Waals surface area (Å²) < 4.78 is 0. The number of piperidine rings is 1. The lowest BCUT2D eigenvalue weighted by molar-refractivity contribution is 0.127. The van der Waals surface area contributed by atoms with Gasteiger partial charge in [-0.25, -0.2) is 0 Å². The van der Waals surface area contributed by atoms with Crippen LogP contribution in [0.1, 0.15) is 45.1 Å². The molecule has 0 spiro atoms. The van der Waals surface area contributed by atoms with E-state index in [0.29, 0.717) is 6.04 Å². The first-order valence-corrected chi connectivity index (χ1v) is 10.4. The van der Waals surface area contributed by atoms with Gasteiger partial charge in [-0.2, -0.15) is 0 Å². The van der Waals surface area contributed by atoms with Gasteiger partial charge in [-0.3, -0.25) is 4.90 Å². The van der Waals surface area contributed by atoms with E-state index < -0.39 is 0 Å². The molecule has 1 heterocycles. The van der Waals surface area contributed by atoms with Crippen molar-refractivity contribution in [2.75, 3.05) is 19.6 Å². The van der Waals surface area contributed by atoms with E-state index in [1.165, 1.54) is 48.9 Å². The second-order valence-electron chi connectivity index (χ2n) is 7.62. The average molecular weight is 351 g/mol. The van der Waals surface area contributed by atoms with Gasteiger partial charge >= 0.3 is 0 Å². The molecule has 0 atom stereocenters. The molecule has 2 aromatic rings. The van der Waals surface area contributed by atoms with Crippen LogP contribution in [0.2, 0.25) is 0 Å². The fourth-order valence-electron chi connectivity index (χ4n) is 4.17. The van der Waals surface area contributed by atoms with Crippen molar-refractivity contribution in [3.8, 4) is 11.1 Å². The second kappa shape index (κ2) is 9.89. The summed E-state index contributed by atoms with van der Waals surface area (Å²) >= 11 is 0. The molecule has 0 bridgehead atoms. The quantitative estimate of drug-likeness (QED) is 0.691. The molecule has 0 unspecified atom stereocenters. The molecule has 2 heteroatoms. The molecule has 26 heavy (non-hydrogen) atoms. The minimum Gasteiger partial charge on any atom is -0.317 e. The molecule has 0 aromatic heterocycles. The van der Waals surface area contributed by atoms with Crippen LogP contribution in [-0.2, 0) is 6.54 Å². The highest BCUT2D eigenvalue weighted by molar-refractivity contribution is 5.67. The predicted molar refractivity (Wildman–Crippen MR) is 112 cm³/mol. The number of nitrogens with zero attached hydrogens (tertiary/aromatic N) is 1. The minimum absolute atomic E-state index is 0.709. The number of nitrogens with one attached hydrogen (secondary N) is 1. The Bertz CT molecular complexity index is 642. The summed E-state index contributed by atoms with van der Waals surface area (Å²) in [5.41, 5.74) is 4.18. The van der Waals surface area contributed by atoms with Crippen LogP contribution in [-0.4, -0.2) is 30.6 Å². The molecule has 0 aliphatic carbocycles. The second-order valence-corrected chi connectivity index (χ2v) is 7.62. The van der Waals surface area contributed by atoms with E-state index in [2.05, 4.69) is 78.7 Å². The van der Waals surface area contributed by atoms with E-state index in [1.54, 1.807) is 0 Å². The van der Waals surface area contributed by atoms with Crippen molar-refractivity contribution in [2.45, 2.75) is 52.1 Å². The molecule has 0 radical (unpaired) electrons. The van der Waals surface area contributed by atoms with Gasteiger partial charge in [0.15, 0.2) is 0 Å². The van der Waals surface area contributed by atoms with Gasteiger partial charge in [0.25, 0.3) is 0 Å². The number of hydrogen-bond donors (Lipinski definition) is 1. The van der Waals surface area contributed by atoms with E-state index in [4.69, 9.17) is 0 Å². The van der Waals surface area contributed by atoms with Crippen molar-refractivity contribution in [3.05, 3.63) is 60.2 Å². The van der Waals surface area contributed by atoms with E-state index in [0.717, 1.165) is 25.6 Å². The number of benzene rings is 2. The van der Waals surface area contributed by atoms with Crippen molar-refractivity contribution in [1.82, 2.24) is 10.2 Å². The van der Waals surface area contributed by atoms with Crippen LogP contribution in [0, 0.1) is 5.92 Å². The number of rotatable bonds is 8. The SMILES string of the molecule is CCC(CC)CN(Cc1ccccc1-c1ccccc1)C1CCNCC1. The van der Waals surface area contributed by atoms with E-state index >= 15 is 0 Å². The van der Waals surface area contributed by atoms with Crippen LogP contribution < -0.4 is 5.32 Å². The zero-order valence-electron chi connectivity index (χ0n) is 16.5. The van der Waals surface area contributed by atoms with Gasteiger partial charge in [0, 0.05) is 19.1 Å². The van der Waals surface area contributed by atoms with E-state index in [9.17, 15) is 0 Å². The summed E-state index contributed by atoms with van der Waals surface area (Å²) in [6.07, 6.45) is 5.10. The first kappa shape index (κ1) is 19.1. The first-order chi connectivity index (χ1) is 12.8. The standard InChI is InChI=1S/C24H34N2/c1-3-20(4-2)18-26(23-14-16-25-17-15-23)19-22-12-8-9-13-24(22)21-10-6-5-7-11-21/h5-13,20,23,25H,3-4,14-19H2,1-2H3. The lowest BCUT2D eigenvalue weighted by Gasteiger charge is -2.37. The molecule has 0 amide bonds. The Morgan fingerprint density at radius 1 is 0.923 bits per heavy atom. The van der Waals surface area contributed by atoms with Gasteiger partial charge in [0.05, 0.1) is 0 Å². The topological polar surface area (TPSA) is 15.3 Å². The van der Waals surface area contributed by atoms with Gasteiger partial charge in [-0.05, 0) is 48.5 Å². The number of hydrogen-bond acceptors (Lipinski definition) is 2. The largest absolute Gasteiger partial charge is 0.317 e. The Labute approximate surface area is 159 Å². The summed E-state index contributed by atoms with van der Waals surface area (Å²) in [7, 11) is 0. The Kier molecular flexibility index (Phi) is 7.28. The Balaban J connectivity index is 1.84. The summed E-state index contributed by atoms with van der Waals surface area (Å²) in [6.45, 7) is 9.28. The van der Waals surface area contributed by atoms with E-state index in [-0.39, 0.29) is 0 Å². The summed E-state index contributed by atoms with van der Waals surface area (Å²) in [6, 6.07) is 20.5. The van der Waals surface area contributed by atoms with Gasteiger partial charge in [0.2, 0.25) is 0 Å². The fourth-order valence-corrected chi connectivity index (χ4v) is 4.17. The van der Waals surface area contributed by atoms with Crippen LogP contribution in [0.4, 0.5) is 0 Å². The maximum atomic E-state index is 3.53. The lowest BCUT2D eigenvalue weighted by atomic mass is 9.95. The molecule has 2 nitrogen and oxygen atoms in total. The van der Waals surface area contributed by atoms with Crippen LogP contribution in [0.5, 0.6) is 0 Å². The van der Waals surface area contributed by atoms with Crippen LogP contribution in [0.25, 0.3) is 11.1 Å². The monoisotopic (exact) mass is 350 g/mol. The van der Waals surface area contributed by atoms with Crippen LogP contribution in [0.15, 0.2) is 54.6 Å². The molecule has 1 fully saturated rings.